The van der Waals surface area contributed by atoms with Gasteiger partial charge in [0.25, 0.3) is 0 Å². The Kier molecular flexibility index (Phi) is 4.80. The van der Waals surface area contributed by atoms with Gasteiger partial charge in [-0.3, -0.25) is 0 Å². The maximum atomic E-state index is 5.82. The molecule has 1 aromatic heterocycles. The second-order valence-corrected chi connectivity index (χ2v) is 6.34. The van der Waals surface area contributed by atoms with E-state index in [2.05, 4.69) is 27.4 Å². The first-order valence-electron chi connectivity index (χ1n) is 8.71. The number of hydrogen-bond donors (Lipinski definition) is 1. The molecule has 0 saturated heterocycles. The molecule has 0 fully saturated rings. The van der Waals surface area contributed by atoms with E-state index < -0.39 is 0 Å². The predicted molar refractivity (Wildman–Crippen MR) is 100 cm³/mol. The molecule has 1 aliphatic heterocycles. The number of hydrogen-bond acceptors (Lipinski definition) is 5. The summed E-state index contributed by atoms with van der Waals surface area (Å²) < 4.78 is 11.0. The van der Waals surface area contributed by atoms with Gasteiger partial charge in [-0.1, -0.05) is 18.2 Å². The summed E-state index contributed by atoms with van der Waals surface area (Å²) in [5.74, 6) is 2.54. The van der Waals surface area contributed by atoms with Gasteiger partial charge < -0.3 is 14.8 Å². The van der Waals surface area contributed by atoms with Gasteiger partial charge >= 0.3 is 0 Å². The lowest BCUT2D eigenvalue weighted by Crippen LogP contribution is -2.38. The number of nitrogens with zero attached hydrogens (tertiary/aromatic N) is 2. The SMILES string of the molecule is COc1ccc(-c2ncc(CNC3COc4ccccc4C3)cn2)cc1. The number of aromatic nitrogens is 2. The second-order valence-electron chi connectivity index (χ2n) is 6.34. The number of rotatable bonds is 5. The van der Waals surface area contributed by atoms with Crippen molar-refractivity contribution in [1.29, 1.82) is 0 Å². The van der Waals surface area contributed by atoms with Crippen LogP contribution in [0.15, 0.2) is 60.9 Å². The zero-order chi connectivity index (χ0) is 17.8. The van der Waals surface area contributed by atoms with E-state index in [1.54, 1.807) is 7.11 Å². The lowest BCUT2D eigenvalue weighted by Gasteiger charge is -2.26. The third kappa shape index (κ3) is 3.68. The lowest BCUT2D eigenvalue weighted by molar-refractivity contribution is 0.238. The second kappa shape index (κ2) is 7.54. The van der Waals surface area contributed by atoms with Crippen LogP contribution < -0.4 is 14.8 Å². The van der Waals surface area contributed by atoms with Gasteiger partial charge in [0.15, 0.2) is 5.82 Å². The highest BCUT2D eigenvalue weighted by Gasteiger charge is 2.18. The zero-order valence-electron chi connectivity index (χ0n) is 14.7. The van der Waals surface area contributed by atoms with Crippen molar-refractivity contribution in [2.45, 2.75) is 19.0 Å². The Labute approximate surface area is 153 Å². The van der Waals surface area contributed by atoms with Gasteiger partial charge in [-0.2, -0.15) is 0 Å². The van der Waals surface area contributed by atoms with E-state index in [1.807, 2.05) is 48.8 Å². The summed E-state index contributed by atoms with van der Waals surface area (Å²) in [4.78, 5) is 8.96. The summed E-state index contributed by atoms with van der Waals surface area (Å²) in [6, 6.07) is 16.2. The normalized spacial score (nSPS) is 15.8. The van der Waals surface area contributed by atoms with Gasteiger partial charge in [-0.25, -0.2) is 9.97 Å². The molecular formula is C21H21N3O2. The van der Waals surface area contributed by atoms with Crippen molar-refractivity contribution < 1.29 is 9.47 Å². The molecule has 0 spiro atoms. The van der Waals surface area contributed by atoms with Crippen LogP contribution in [0.3, 0.4) is 0 Å². The Morgan fingerprint density at radius 2 is 1.85 bits per heavy atom. The number of ether oxygens (including phenoxy) is 2. The van der Waals surface area contributed by atoms with E-state index in [0.717, 1.165) is 35.6 Å². The molecule has 1 aliphatic rings. The minimum Gasteiger partial charge on any atom is -0.497 e. The Balaban J connectivity index is 1.36. The first kappa shape index (κ1) is 16.5. The zero-order valence-corrected chi connectivity index (χ0v) is 14.7. The molecule has 5 heteroatoms. The van der Waals surface area contributed by atoms with E-state index in [9.17, 15) is 0 Å². The molecule has 1 atom stereocenters. The number of para-hydroxylation sites is 1. The van der Waals surface area contributed by atoms with E-state index in [4.69, 9.17) is 9.47 Å². The Morgan fingerprint density at radius 3 is 2.62 bits per heavy atom. The predicted octanol–water partition coefficient (Wildman–Crippen LogP) is 3.25. The summed E-state index contributed by atoms with van der Waals surface area (Å²) in [6.07, 6.45) is 4.72. The molecule has 1 unspecified atom stereocenters. The molecule has 1 N–H and O–H groups in total. The van der Waals surface area contributed by atoms with E-state index >= 15 is 0 Å². The van der Waals surface area contributed by atoms with Crippen LogP contribution in [0.5, 0.6) is 11.5 Å². The molecule has 0 aliphatic carbocycles. The van der Waals surface area contributed by atoms with Crippen molar-refractivity contribution in [2.24, 2.45) is 0 Å². The van der Waals surface area contributed by atoms with Gasteiger partial charge in [-0.05, 0) is 42.3 Å². The average molecular weight is 347 g/mol. The van der Waals surface area contributed by atoms with Crippen LogP contribution in [0.4, 0.5) is 0 Å². The van der Waals surface area contributed by atoms with Crippen LogP contribution in [0, 0.1) is 0 Å². The fraction of sp³-hybridized carbons (Fsp3) is 0.238. The molecule has 0 saturated carbocycles. The smallest absolute Gasteiger partial charge is 0.159 e. The van der Waals surface area contributed by atoms with Gasteiger partial charge in [0.2, 0.25) is 0 Å². The molecule has 5 nitrogen and oxygen atoms in total. The van der Waals surface area contributed by atoms with E-state index in [1.165, 1.54) is 5.56 Å². The van der Waals surface area contributed by atoms with Gasteiger partial charge in [0.05, 0.1) is 7.11 Å². The lowest BCUT2D eigenvalue weighted by atomic mass is 10.0. The van der Waals surface area contributed by atoms with Crippen LogP contribution in [0.25, 0.3) is 11.4 Å². The van der Waals surface area contributed by atoms with Crippen molar-refractivity contribution in [1.82, 2.24) is 15.3 Å². The van der Waals surface area contributed by atoms with Crippen LogP contribution in [0.2, 0.25) is 0 Å². The molecule has 2 heterocycles. The van der Waals surface area contributed by atoms with Crippen LogP contribution in [0.1, 0.15) is 11.1 Å². The maximum absolute atomic E-state index is 5.82. The van der Waals surface area contributed by atoms with Gasteiger partial charge in [0, 0.05) is 36.1 Å². The minimum absolute atomic E-state index is 0.297. The summed E-state index contributed by atoms with van der Waals surface area (Å²) in [6.45, 7) is 1.40. The maximum Gasteiger partial charge on any atom is 0.159 e. The first-order valence-corrected chi connectivity index (χ1v) is 8.71. The molecule has 26 heavy (non-hydrogen) atoms. The molecule has 0 bridgehead atoms. The molecule has 3 aromatic rings. The molecule has 0 radical (unpaired) electrons. The summed E-state index contributed by atoms with van der Waals surface area (Å²) in [7, 11) is 1.66. The minimum atomic E-state index is 0.297. The number of benzene rings is 2. The monoisotopic (exact) mass is 347 g/mol. The third-order valence-electron chi connectivity index (χ3n) is 4.53. The van der Waals surface area contributed by atoms with Crippen LogP contribution in [-0.2, 0) is 13.0 Å². The highest BCUT2D eigenvalue weighted by Crippen LogP contribution is 2.24. The van der Waals surface area contributed by atoms with Crippen molar-refractivity contribution in [3.63, 3.8) is 0 Å². The summed E-state index contributed by atoms with van der Waals surface area (Å²) in [5.41, 5.74) is 3.28. The Morgan fingerprint density at radius 1 is 1.08 bits per heavy atom. The fourth-order valence-corrected chi connectivity index (χ4v) is 3.06. The van der Waals surface area contributed by atoms with Crippen molar-refractivity contribution in [2.75, 3.05) is 13.7 Å². The molecule has 2 aromatic carbocycles. The third-order valence-corrected chi connectivity index (χ3v) is 4.53. The van der Waals surface area contributed by atoms with Crippen LogP contribution in [-0.4, -0.2) is 29.7 Å². The quantitative estimate of drug-likeness (QED) is 0.768. The number of fused-ring (bicyclic) bond motifs is 1. The van der Waals surface area contributed by atoms with Crippen molar-refractivity contribution in [3.8, 4) is 22.9 Å². The topological polar surface area (TPSA) is 56.3 Å². The van der Waals surface area contributed by atoms with Crippen LogP contribution >= 0.6 is 0 Å². The van der Waals surface area contributed by atoms with E-state index in [-0.39, 0.29) is 0 Å². The average Bonchev–Trinajstić information content (AvgIpc) is 2.72. The molecule has 132 valence electrons. The standard InChI is InChI=1S/C21H21N3O2/c1-25-19-8-6-16(7-9-19)21-23-12-15(13-24-21)11-22-18-10-17-4-2-3-5-20(17)26-14-18/h2-9,12-13,18,22H,10-11,14H2,1H3. The molecule has 0 amide bonds. The Hall–Kier alpha value is -2.92. The van der Waals surface area contributed by atoms with Crippen molar-refractivity contribution in [3.05, 3.63) is 72.1 Å². The Bertz CT molecular complexity index is 863. The largest absolute Gasteiger partial charge is 0.497 e. The summed E-state index contributed by atoms with van der Waals surface area (Å²) >= 11 is 0. The van der Waals surface area contributed by atoms with Gasteiger partial charge in [0.1, 0.15) is 18.1 Å². The van der Waals surface area contributed by atoms with Crippen molar-refractivity contribution >= 4 is 0 Å². The first-order chi connectivity index (χ1) is 12.8. The highest BCUT2D eigenvalue weighted by atomic mass is 16.5. The molecular weight excluding hydrogens is 326 g/mol. The summed E-state index contributed by atoms with van der Waals surface area (Å²) in [5, 5.41) is 3.53. The molecule has 4 rings (SSSR count). The number of nitrogens with one attached hydrogen (secondary N) is 1. The fourth-order valence-electron chi connectivity index (χ4n) is 3.06. The highest BCUT2D eigenvalue weighted by molar-refractivity contribution is 5.55. The van der Waals surface area contributed by atoms with E-state index in [0.29, 0.717) is 18.5 Å². The number of methoxy groups -OCH3 is 1. The van der Waals surface area contributed by atoms with Gasteiger partial charge in [-0.15, -0.1) is 0 Å².